The predicted molar refractivity (Wildman–Crippen MR) is 105 cm³/mol. The fourth-order valence-electron chi connectivity index (χ4n) is 4.19. The van der Waals surface area contributed by atoms with E-state index in [2.05, 4.69) is 24.3 Å². The second-order valence-electron chi connectivity index (χ2n) is 7.89. The van der Waals surface area contributed by atoms with E-state index in [0.717, 1.165) is 23.8 Å². The number of hydrogen-bond donors (Lipinski definition) is 1. The van der Waals surface area contributed by atoms with Crippen LogP contribution in [0.4, 0.5) is 0 Å². The first kappa shape index (κ1) is 17.8. The molecule has 3 unspecified atom stereocenters. The molecule has 2 aromatic heterocycles. The van der Waals surface area contributed by atoms with Crippen molar-refractivity contribution >= 4 is 27.8 Å². The van der Waals surface area contributed by atoms with E-state index in [1.54, 1.807) is 10.7 Å². The molecule has 0 aliphatic heterocycles. The summed E-state index contributed by atoms with van der Waals surface area (Å²) in [6.07, 6.45) is 4.87. The molecular weight excluding hydrogens is 342 g/mol. The lowest BCUT2D eigenvalue weighted by atomic mass is 9.78. The number of rotatable bonds is 3. The summed E-state index contributed by atoms with van der Waals surface area (Å²) in [5.74, 6) is 1.01. The Morgan fingerprint density at radius 1 is 1.30 bits per heavy atom. The number of hydrogen-bond acceptors (Lipinski definition) is 4. The molecule has 4 rings (SSSR count). The van der Waals surface area contributed by atoms with Crippen molar-refractivity contribution in [2.75, 3.05) is 0 Å². The van der Waals surface area contributed by atoms with Crippen LogP contribution in [0.15, 0.2) is 33.6 Å². The van der Waals surface area contributed by atoms with Gasteiger partial charge in [0.1, 0.15) is 17.5 Å². The first-order valence-corrected chi connectivity index (χ1v) is 9.62. The van der Waals surface area contributed by atoms with Crippen molar-refractivity contribution < 1.29 is 9.21 Å². The van der Waals surface area contributed by atoms with Gasteiger partial charge in [0.15, 0.2) is 0 Å². The lowest BCUT2D eigenvalue weighted by Crippen LogP contribution is -2.44. The number of carbonyl (C=O) groups excluding carboxylic acids is 1. The molecule has 142 valence electrons. The van der Waals surface area contributed by atoms with Gasteiger partial charge >= 0.3 is 5.63 Å². The Bertz CT molecular complexity index is 1070. The minimum atomic E-state index is -0.428. The minimum absolute atomic E-state index is 0.0695. The average Bonchev–Trinajstić information content (AvgIpc) is 3.04. The van der Waals surface area contributed by atoms with Crippen molar-refractivity contribution in [3.8, 4) is 0 Å². The number of carbonyl (C=O) groups is 1. The topological polar surface area (TPSA) is 77.1 Å². The first-order valence-electron chi connectivity index (χ1n) is 9.62. The Balaban J connectivity index is 1.66. The fourth-order valence-corrected chi connectivity index (χ4v) is 4.19. The second kappa shape index (κ2) is 6.83. The highest BCUT2D eigenvalue weighted by Gasteiger charge is 2.28. The van der Waals surface area contributed by atoms with Gasteiger partial charge < -0.3 is 9.73 Å². The molecule has 0 spiro atoms. The van der Waals surface area contributed by atoms with E-state index in [1.165, 1.54) is 12.6 Å². The second-order valence-corrected chi connectivity index (χ2v) is 7.89. The number of fused-ring (bicyclic) bond motifs is 3. The number of aromatic nitrogens is 2. The molecule has 1 aliphatic rings. The molecule has 0 bridgehead atoms. The fraction of sp³-hybridized carbons (Fsp3) is 0.476. The van der Waals surface area contributed by atoms with Crippen LogP contribution >= 0.6 is 0 Å². The molecule has 1 saturated carbocycles. The number of amides is 1. The minimum Gasteiger partial charge on any atom is -0.422 e. The van der Waals surface area contributed by atoms with Crippen LogP contribution in [0.1, 0.15) is 38.7 Å². The molecule has 1 fully saturated rings. The summed E-state index contributed by atoms with van der Waals surface area (Å²) in [7, 11) is 0. The smallest absolute Gasteiger partial charge is 0.347 e. The Morgan fingerprint density at radius 2 is 2.11 bits per heavy atom. The zero-order valence-corrected chi connectivity index (χ0v) is 16.0. The molecule has 1 aromatic carbocycles. The number of benzene rings is 1. The molecule has 6 heteroatoms. The van der Waals surface area contributed by atoms with Gasteiger partial charge in [-0.15, -0.1) is 0 Å². The maximum absolute atomic E-state index is 12.7. The van der Waals surface area contributed by atoms with Gasteiger partial charge in [0.05, 0.1) is 11.7 Å². The van der Waals surface area contributed by atoms with Gasteiger partial charge in [0.25, 0.3) is 0 Å². The van der Waals surface area contributed by atoms with Crippen LogP contribution in [-0.4, -0.2) is 21.7 Å². The van der Waals surface area contributed by atoms with Crippen LogP contribution in [-0.2, 0) is 11.3 Å². The van der Waals surface area contributed by atoms with E-state index >= 15 is 0 Å². The van der Waals surface area contributed by atoms with Crippen LogP contribution in [0, 0.1) is 18.8 Å². The number of aryl methyl sites for hydroxylation is 1. The third-order valence-electron chi connectivity index (χ3n) is 6.00. The van der Waals surface area contributed by atoms with Crippen LogP contribution in [0.3, 0.4) is 0 Å². The zero-order chi connectivity index (χ0) is 19.1. The van der Waals surface area contributed by atoms with Gasteiger partial charge in [-0.3, -0.25) is 9.48 Å². The van der Waals surface area contributed by atoms with E-state index < -0.39 is 5.63 Å². The summed E-state index contributed by atoms with van der Waals surface area (Å²) in [6.45, 7) is 6.53. The molecule has 3 atom stereocenters. The number of nitrogens with zero attached hydrogens (tertiary/aromatic N) is 2. The van der Waals surface area contributed by atoms with E-state index in [0.29, 0.717) is 28.3 Å². The third kappa shape index (κ3) is 3.24. The molecule has 3 aromatic rings. The van der Waals surface area contributed by atoms with Crippen LogP contribution in [0.5, 0.6) is 0 Å². The monoisotopic (exact) mass is 367 g/mol. The molecule has 27 heavy (non-hydrogen) atoms. The van der Waals surface area contributed by atoms with Gasteiger partial charge in [-0.2, -0.15) is 5.10 Å². The Kier molecular flexibility index (Phi) is 4.50. The Hall–Kier alpha value is -2.63. The van der Waals surface area contributed by atoms with Crippen molar-refractivity contribution in [1.29, 1.82) is 0 Å². The van der Waals surface area contributed by atoms with Gasteiger partial charge in [-0.25, -0.2) is 4.79 Å². The van der Waals surface area contributed by atoms with E-state index in [4.69, 9.17) is 4.42 Å². The van der Waals surface area contributed by atoms with Crippen molar-refractivity contribution in [3.05, 3.63) is 40.4 Å². The van der Waals surface area contributed by atoms with Crippen molar-refractivity contribution in [3.63, 3.8) is 0 Å². The van der Waals surface area contributed by atoms with Gasteiger partial charge in [0, 0.05) is 11.4 Å². The first-order chi connectivity index (χ1) is 12.9. The lowest BCUT2D eigenvalue weighted by Gasteiger charge is -2.34. The number of nitrogens with one attached hydrogen (secondary N) is 1. The molecule has 2 heterocycles. The maximum atomic E-state index is 12.7. The molecule has 1 aliphatic carbocycles. The van der Waals surface area contributed by atoms with Crippen molar-refractivity contribution in [2.24, 2.45) is 11.8 Å². The Morgan fingerprint density at radius 3 is 2.93 bits per heavy atom. The normalized spacial score (nSPS) is 23.0. The highest BCUT2D eigenvalue weighted by Crippen LogP contribution is 2.29. The summed E-state index contributed by atoms with van der Waals surface area (Å²) >= 11 is 0. The molecule has 1 amide bonds. The van der Waals surface area contributed by atoms with E-state index in [-0.39, 0.29) is 18.5 Å². The van der Waals surface area contributed by atoms with Crippen LogP contribution < -0.4 is 10.9 Å². The average molecular weight is 367 g/mol. The van der Waals surface area contributed by atoms with Gasteiger partial charge in [0.2, 0.25) is 5.91 Å². The summed E-state index contributed by atoms with van der Waals surface area (Å²) in [5, 5.41) is 8.68. The predicted octanol–water partition coefficient (Wildman–Crippen LogP) is 3.39. The lowest BCUT2D eigenvalue weighted by molar-refractivity contribution is -0.123. The quantitative estimate of drug-likeness (QED) is 0.720. The largest absolute Gasteiger partial charge is 0.422 e. The van der Waals surface area contributed by atoms with Gasteiger partial charge in [-0.05, 0) is 37.3 Å². The highest BCUT2D eigenvalue weighted by atomic mass is 16.4. The Labute approximate surface area is 157 Å². The van der Waals surface area contributed by atoms with Gasteiger partial charge in [-0.1, -0.05) is 38.3 Å². The van der Waals surface area contributed by atoms with Crippen LogP contribution in [0.25, 0.3) is 21.9 Å². The zero-order valence-electron chi connectivity index (χ0n) is 16.0. The SMILES string of the molecule is Cc1ccc2oc(=O)c3cnn(CC(=O)NC4CCCC(C)C4C)c3c2c1. The molecule has 6 nitrogen and oxygen atoms in total. The maximum Gasteiger partial charge on any atom is 0.347 e. The highest BCUT2D eigenvalue weighted by molar-refractivity contribution is 6.02. The molecule has 1 N–H and O–H groups in total. The van der Waals surface area contributed by atoms with E-state index in [9.17, 15) is 9.59 Å². The molecule has 0 radical (unpaired) electrons. The molecule has 0 saturated heterocycles. The summed E-state index contributed by atoms with van der Waals surface area (Å²) < 4.78 is 7.00. The van der Waals surface area contributed by atoms with Crippen molar-refractivity contribution in [1.82, 2.24) is 15.1 Å². The standard InChI is InChI=1S/C21H25N3O3/c1-12-7-8-18-15(9-12)20-16(21(26)27-18)10-22-24(20)11-19(25)23-17-6-4-5-13(2)14(17)3/h7-10,13-14,17H,4-6,11H2,1-3H3,(H,23,25). The van der Waals surface area contributed by atoms with Crippen molar-refractivity contribution in [2.45, 2.75) is 52.6 Å². The summed E-state index contributed by atoms with van der Waals surface area (Å²) in [5.41, 5.74) is 1.79. The summed E-state index contributed by atoms with van der Waals surface area (Å²) in [4.78, 5) is 24.9. The molecular formula is C21H25N3O3. The third-order valence-corrected chi connectivity index (χ3v) is 6.00. The van der Waals surface area contributed by atoms with E-state index in [1.807, 2.05) is 19.1 Å². The van der Waals surface area contributed by atoms with Crippen LogP contribution in [0.2, 0.25) is 0 Å². The summed E-state index contributed by atoms with van der Waals surface area (Å²) in [6, 6.07) is 5.85.